The predicted molar refractivity (Wildman–Crippen MR) is 114 cm³/mol. The van der Waals surface area contributed by atoms with Crippen LogP contribution >= 0.6 is 11.5 Å². The van der Waals surface area contributed by atoms with Crippen molar-refractivity contribution in [2.45, 2.75) is 0 Å². The monoisotopic (exact) mass is 442 g/mol. The van der Waals surface area contributed by atoms with Gasteiger partial charge in [0, 0.05) is 17.0 Å². The smallest absolute Gasteiger partial charge is 0.252 e. The Morgan fingerprint density at radius 1 is 1.20 bits per heavy atom. The summed E-state index contributed by atoms with van der Waals surface area (Å²) < 4.78 is 30.2. The Kier molecular flexibility index (Phi) is 4.79. The summed E-state index contributed by atoms with van der Waals surface area (Å²) in [5.41, 5.74) is 6.05. The molecule has 0 bridgehead atoms. The second-order valence-electron chi connectivity index (χ2n) is 6.32. The number of hydrogen-bond donors (Lipinski definition) is 3. The molecule has 0 unspecified atom stereocenters. The molecule has 10 nitrogen and oxygen atoms in total. The summed E-state index contributed by atoms with van der Waals surface area (Å²) in [4.78, 5) is 15.9. The minimum Gasteiger partial charge on any atom is -0.506 e. The molecule has 2 heterocycles. The van der Waals surface area contributed by atoms with Crippen molar-refractivity contribution in [2.24, 2.45) is 16.0 Å². The van der Waals surface area contributed by atoms with Crippen LogP contribution in [0, 0.1) is 0 Å². The lowest BCUT2D eigenvalue weighted by molar-refractivity contribution is 0.0998. The number of phenols is 1. The van der Waals surface area contributed by atoms with Gasteiger partial charge in [-0.05, 0) is 35.8 Å². The molecule has 4 N–H and O–H groups in total. The number of rotatable bonds is 5. The number of azo groups is 1. The van der Waals surface area contributed by atoms with Gasteiger partial charge in [0.1, 0.15) is 5.75 Å². The van der Waals surface area contributed by atoms with Gasteiger partial charge in [-0.1, -0.05) is 12.1 Å². The van der Waals surface area contributed by atoms with E-state index in [9.17, 15) is 18.3 Å². The molecule has 0 atom stereocenters. The number of aromatic nitrogens is 2. The summed E-state index contributed by atoms with van der Waals surface area (Å²) >= 11 is 1.09. The first-order valence-electron chi connectivity index (χ1n) is 8.43. The van der Waals surface area contributed by atoms with Crippen LogP contribution in [0.15, 0.2) is 52.8 Å². The van der Waals surface area contributed by atoms with Crippen molar-refractivity contribution in [2.75, 3.05) is 11.0 Å². The van der Waals surface area contributed by atoms with E-state index < -0.39 is 15.9 Å². The number of anilines is 1. The molecular weight excluding hydrogens is 428 g/mol. The van der Waals surface area contributed by atoms with E-state index in [1.165, 1.54) is 24.3 Å². The average molecular weight is 442 g/mol. The number of fused-ring (bicyclic) bond motifs is 2. The van der Waals surface area contributed by atoms with Gasteiger partial charge in [0.2, 0.25) is 10.0 Å². The third kappa shape index (κ3) is 3.65. The number of hydrogen-bond acceptors (Lipinski definition) is 9. The van der Waals surface area contributed by atoms with Crippen molar-refractivity contribution in [3.63, 3.8) is 0 Å². The van der Waals surface area contributed by atoms with Gasteiger partial charge in [-0.15, -0.1) is 10.2 Å². The first kappa shape index (κ1) is 19.7. The highest BCUT2D eigenvalue weighted by Gasteiger charge is 2.19. The summed E-state index contributed by atoms with van der Waals surface area (Å²) in [5.74, 6) is -1.24. The number of aromatic hydroxyl groups is 1. The van der Waals surface area contributed by atoms with Crippen molar-refractivity contribution in [1.82, 2.24) is 9.36 Å². The van der Waals surface area contributed by atoms with E-state index in [4.69, 9.17) is 5.73 Å². The molecule has 30 heavy (non-hydrogen) atoms. The molecule has 0 radical (unpaired) electrons. The maximum Gasteiger partial charge on any atom is 0.252 e. The maximum atomic E-state index is 11.8. The first-order valence-corrected chi connectivity index (χ1v) is 11.1. The highest BCUT2D eigenvalue weighted by molar-refractivity contribution is 7.92. The number of nitrogens with zero attached hydrogens (tertiary/aromatic N) is 4. The third-order valence-electron chi connectivity index (χ3n) is 4.16. The molecule has 2 aromatic heterocycles. The molecule has 0 aliphatic carbocycles. The summed E-state index contributed by atoms with van der Waals surface area (Å²) in [6, 6.07) is 9.36. The molecule has 4 aromatic rings. The quantitative estimate of drug-likeness (QED) is 0.401. The van der Waals surface area contributed by atoms with Crippen LogP contribution in [0.3, 0.4) is 0 Å². The van der Waals surface area contributed by atoms with Gasteiger partial charge in [-0.25, -0.2) is 13.4 Å². The van der Waals surface area contributed by atoms with E-state index in [0.29, 0.717) is 16.0 Å². The Morgan fingerprint density at radius 2 is 1.97 bits per heavy atom. The zero-order chi connectivity index (χ0) is 21.5. The van der Waals surface area contributed by atoms with Gasteiger partial charge in [-0.3, -0.25) is 9.52 Å². The van der Waals surface area contributed by atoms with Crippen LogP contribution in [0.1, 0.15) is 10.4 Å². The number of nitrogens with one attached hydrogen (secondary N) is 1. The zero-order valence-electron chi connectivity index (χ0n) is 15.4. The number of nitrogens with two attached hydrogens (primary N) is 1. The SMILES string of the molecule is CS(=O)(=O)Nc1cccc2c(O)c(C(N)=O)cc(/N=N/c3snc4ncccc34)c12. The lowest BCUT2D eigenvalue weighted by Crippen LogP contribution is -2.12. The Bertz CT molecular complexity index is 1450. The van der Waals surface area contributed by atoms with E-state index in [2.05, 4.69) is 24.3 Å². The standard InChI is InChI=1S/C18H14N6O4S2/c1-30(27,28)24-12-6-2-4-9-14(12)13(8-11(15(9)25)16(19)26)21-22-18-10-5-3-7-20-17(10)23-29-18/h2-8,24-25H,1H3,(H2,19,26)/b22-21+. The van der Waals surface area contributed by atoms with Crippen molar-refractivity contribution in [3.8, 4) is 5.75 Å². The van der Waals surface area contributed by atoms with Crippen LogP contribution < -0.4 is 10.5 Å². The largest absolute Gasteiger partial charge is 0.506 e. The Morgan fingerprint density at radius 3 is 2.70 bits per heavy atom. The first-order chi connectivity index (χ1) is 14.2. The highest BCUT2D eigenvalue weighted by Crippen LogP contribution is 2.41. The number of benzene rings is 2. The minimum absolute atomic E-state index is 0.147. The molecule has 4 rings (SSSR count). The maximum absolute atomic E-state index is 11.8. The van der Waals surface area contributed by atoms with Gasteiger partial charge in [0.15, 0.2) is 10.6 Å². The second kappa shape index (κ2) is 7.31. The molecule has 0 fully saturated rings. The molecule has 0 aliphatic heterocycles. The lowest BCUT2D eigenvalue weighted by Gasteiger charge is -2.13. The van der Waals surface area contributed by atoms with Crippen LogP contribution in [0.2, 0.25) is 0 Å². The van der Waals surface area contributed by atoms with Crippen molar-refractivity contribution < 1.29 is 18.3 Å². The molecule has 2 aromatic carbocycles. The normalized spacial score (nSPS) is 12.0. The number of sulfonamides is 1. The fraction of sp³-hybridized carbons (Fsp3) is 0.0556. The van der Waals surface area contributed by atoms with Gasteiger partial charge in [-0.2, -0.15) is 4.37 Å². The summed E-state index contributed by atoms with van der Waals surface area (Å²) in [7, 11) is -3.62. The van der Waals surface area contributed by atoms with Crippen molar-refractivity contribution >= 4 is 65.6 Å². The Hall–Kier alpha value is -3.64. The van der Waals surface area contributed by atoms with E-state index in [0.717, 1.165) is 17.8 Å². The number of carbonyl (C=O) groups excluding carboxylic acids is 1. The number of carbonyl (C=O) groups is 1. The molecule has 12 heteroatoms. The van der Waals surface area contributed by atoms with Crippen LogP contribution in [0.4, 0.5) is 16.4 Å². The van der Waals surface area contributed by atoms with Crippen LogP contribution in [0.25, 0.3) is 21.8 Å². The topological polar surface area (TPSA) is 160 Å². The fourth-order valence-electron chi connectivity index (χ4n) is 2.94. The lowest BCUT2D eigenvalue weighted by atomic mass is 10.0. The molecule has 0 aliphatic rings. The molecule has 0 saturated heterocycles. The average Bonchev–Trinajstić information content (AvgIpc) is 3.09. The van der Waals surface area contributed by atoms with Crippen LogP contribution in [-0.4, -0.2) is 35.0 Å². The van der Waals surface area contributed by atoms with Crippen molar-refractivity contribution in [1.29, 1.82) is 0 Å². The predicted octanol–water partition coefficient (Wildman–Crippen LogP) is 3.44. The zero-order valence-corrected chi connectivity index (χ0v) is 17.0. The molecule has 0 saturated carbocycles. The highest BCUT2D eigenvalue weighted by atomic mass is 32.2. The van der Waals surface area contributed by atoms with Gasteiger partial charge < -0.3 is 10.8 Å². The molecular formula is C18H14N6O4S2. The van der Waals surface area contributed by atoms with E-state index in [1.807, 2.05) is 0 Å². The van der Waals surface area contributed by atoms with E-state index >= 15 is 0 Å². The van der Waals surface area contributed by atoms with Crippen molar-refractivity contribution in [3.05, 3.63) is 48.2 Å². The summed E-state index contributed by atoms with van der Waals surface area (Å²) in [6.07, 6.45) is 2.61. The van der Waals surface area contributed by atoms with Crippen LogP contribution in [-0.2, 0) is 10.0 Å². The third-order valence-corrected chi connectivity index (χ3v) is 5.49. The molecule has 1 amide bonds. The number of amides is 1. The van der Waals surface area contributed by atoms with Gasteiger partial charge in [0.05, 0.1) is 28.6 Å². The minimum atomic E-state index is -3.62. The number of pyridine rings is 1. The van der Waals surface area contributed by atoms with E-state index in [1.54, 1.807) is 18.3 Å². The molecule has 152 valence electrons. The molecule has 0 spiro atoms. The van der Waals surface area contributed by atoms with Gasteiger partial charge >= 0.3 is 0 Å². The Labute approximate surface area is 174 Å². The van der Waals surface area contributed by atoms with Crippen LogP contribution in [0.5, 0.6) is 5.75 Å². The summed E-state index contributed by atoms with van der Waals surface area (Å²) in [6.45, 7) is 0. The van der Waals surface area contributed by atoms with Gasteiger partial charge in [0.25, 0.3) is 5.91 Å². The Balaban J connectivity index is 1.96. The summed E-state index contributed by atoms with van der Waals surface area (Å²) in [5, 5.41) is 20.6. The van der Waals surface area contributed by atoms with E-state index in [-0.39, 0.29) is 33.5 Å². The number of primary amides is 1. The fourth-order valence-corrected chi connectivity index (χ4v) is 4.17. The second-order valence-corrected chi connectivity index (χ2v) is 8.82.